The van der Waals surface area contributed by atoms with Crippen molar-refractivity contribution in [3.05, 3.63) is 35.4 Å². The molecular formula is C20H23N3O2S. The van der Waals surface area contributed by atoms with Gasteiger partial charge in [0.25, 0.3) is 0 Å². The summed E-state index contributed by atoms with van der Waals surface area (Å²) in [5.74, 6) is 1.05. The molecule has 2 saturated heterocycles. The predicted molar refractivity (Wildman–Crippen MR) is 100 cm³/mol. The number of carbonyl (C=O) groups excluding carboxylic acids is 2. The van der Waals surface area contributed by atoms with Gasteiger partial charge in [0.1, 0.15) is 17.9 Å². The fraction of sp³-hybridized carbons (Fsp3) is 0.550. The summed E-state index contributed by atoms with van der Waals surface area (Å²) >= 11 is 1.53. The van der Waals surface area contributed by atoms with E-state index in [1.807, 2.05) is 0 Å². The van der Waals surface area contributed by atoms with Crippen LogP contribution in [0.3, 0.4) is 0 Å². The van der Waals surface area contributed by atoms with Gasteiger partial charge in [-0.05, 0) is 42.7 Å². The third-order valence-corrected chi connectivity index (χ3v) is 6.99. The van der Waals surface area contributed by atoms with Crippen LogP contribution in [0.2, 0.25) is 0 Å². The fourth-order valence-corrected chi connectivity index (χ4v) is 5.61. The Morgan fingerprint density at radius 2 is 2.00 bits per heavy atom. The molecule has 6 heteroatoms. The van der Waals surface area contributed by atoms with Gasteiger partial charge in [0, 0.05) is 18.8 Å². The second-order valence-corrected chi connectivity index (χ2v) is 8.58. The quantitative estimate of drug-likeness (QED) is 0.878. The Labute approximate surface area is 158 Å². The normalized spacial score (nSPS) is 28.1. The molecule has 136 valence electrons. The van der Waals surface area contributed by atoms with Crippen LogP contribution in [0, 0.1) is 17.2 Å². The Hall–Kier alpha value is -1.84. The number of rotatable bonds is 4. The number of thioether (sulfide) groups is 1. The van der Waals surface area contributed by atoms with E-state index in [1.54, 1.807) is 4.90 Å². The van der Waals surface area contributed by atoms with Crippen molar-refractivity contribution in [3.63, 3.8) is 0 Å². The van der Waals surface area contributed by atoms with Gasteiger partial charge >= 0.3 is 0 Å². The maximum absolute atomic E-state index is 12.9. The van der Waals surface area contributed by atoms with Crippen molar-refractivity contribution in [1.29, 1.82) is 5.26 Å². The second kappa shape index (κ2) is 7.42. The largest absolute Gasteiger partial charge is 0.325 e. The first kappa shape index (κ1) is 17.6. The molecule has 0 radical (unpaired) electrons. The Balaban J connectivity index is 1.40. The summed E-state index contributed by atoms with van der Waals surface area (Å²) in [6, 6.07) is 9.79. The Morgan fingerprint density at radius 3 is 2.69 bits per heavy atom. The summed E-state index contributed by atoms with van der Waals surface area (Å²) < 4.78 is 0. The maximum Gasteiger partial charge on any atom is 0.242 e. The van der Waals surface area contributed by atoms with Crippen LogP contribution < -0.4 is 5.32 Å². The summed E-state index contributed by atoms with van der Waals surface area (Å²) in [4.78, 5) is 27.5. The number of nitrogens with one attached hydrogen (secondary N) is 1. The molecule has 2 aliphatic heterocycles. The van der Waals surface area contributed by atoms with Gasteiger partial charge < -0.3 is 4.90 Å². The molecule has 5 nitrogen and oxygen atoms in total. The van der Waals surface area contributed by atoms with Crippen LogP contribution in [0.25, 0.3) is 0 Å². The molecule has 3 aliphatic rings. The van der Waals surface area contributed by atoms with Gasteiger partial charge in [0.15, 0.2) is 0 Å². The van der Waals surface area contributed by atoms with E-state index in [0.29, 0.717) is 24.8 Å². The molecule has 1 aromatic carbocycles. The molecule has 1 unspecified atom stereocenters. The van der Waals surface area contributed by atoms with Crippen LogP contribution in [-0.4, -0.2) is 46.3 Å². The van der Waals surface area contributed by atoms with Crippen molar-refractivity contribution < 1.29 is 9.59 Å². The van der Waals surface area contributed by atoms with Crippen LogP contribution in [0.15, 0.2) is 24.3 Å². The third-order valence-electron chi connectivity index (χ3n) is 5.76. The van der Waals surface area contributed by atoms with E-state index in [0.717, 1.165) is 25.7 Å². The number of hydrogen-bond donors (Lipinski definition) is 1. The van der Waals surface area contributed by atoms with Gasteiger partial charge in [0.05, 0.1) is 11.3 Å². The molecule has 0 aromatic heterocycles. The third kappa shape index (κ3) is 3.26. The van der Waals surface area contributed by atoms with Crippen molar-refractivity contribution in [2.24, 2.45) is 5.92 Å². The minimum atomic E-state index is -0.481. The van der Waals surface area contributed by atoms with E-state index in [1.165, 1.54) is 22.9 Å². The van der Waals surface area contributed by atoms with E-state index in [4.69, 9.17) is 0 Å². The van der Waals surface area contributed by atoms with E-state index in [2.05, 4.69) is 35.7 Å². The summed E-state index contributed by atoms with van der Waals surface area (Å²) in [5.41, 5.74) is 2.70. The van der Waals surface area contributed by atoms with Gasteiger partial charge in [-0.1, -0.05) is 24.3 Å². The van der Waals surface area contributed by atoms with Crippen LogP contribution in [0.4, 0.5) is 0 Å². The zero-order valence-electron chi connectivity index (χ0n) is 14.7. The molecule has 4 rings (SSSR count). The molecule has 0 spiro atoms. The second-order valence-electron chi connectivity index (χ2n) is 7.45. The number of Topliss-reactive ketones (excluding diaryl/α,β-unsaturated/α-hetero) is 1. The minimum absolute atomic E-state index is 0.0768. The molecule has 3 atom stereocenters. The minimum Gasteiger partial charge on any atom is -0.325 e. The average molecular weight is 369 g/mol. The van der Waals surface area contributed by atoms with Crippen LogP contribution in [0.1, 0.15) is 30.4 Å². The zero-order valence-corrected chi connectivity index (χ0v) is 15.5. The Morgan fingerprint density at radius 1 is 1.27 bits per heavy atom. The number of carbonyl (C=O) groups is 2. The first-order valence-electron chi connectivity index (χ1n) is 9.32. The lowest BCUT2D eigenvalue weighted by Crippen LogP contribution is -2.51. The number of fused-ring (bicyclic) bond motifs is 1. The Bertz CT molecular complexity index is 735. The number of hydrogen-bond acceptors (Lipinski definition) is 5. The Kier molecular flexibility index (Phi) is 5.01. The van der Waals surface area contributed by atoms with Gasteiger partial charge in [0.2, 0.25) is 5.91 Å². The fourth-order valence-electron chi connectivity index (χ4n) is 4.46. The van der Waals surface area contributed by atoms with E-state index < -0.39 is 6.04 Å². The summed E-state index contributed by atoms with van der Waals surface area (Å²) in [5, 5.41) is 12.1. The van der Waals surface area contributed by atoms with E-state index in [9.17, 15) is 14.9 Å². The lowest BCUT2D eigenvalue weighted by molar-refractivity contribution is -0.135. The molecule has 1 amide bonds. The standard InChI is InChI=1S/C20H23N3O2S/c21-11-16-6-3-7-23(16)20(25)18-19(26-12-22-18)17(24)10-13-8-14-4-1-2-5-15(14)9-13/h1-2,4-5,13,16,18-19,22H,3,6-10,12H2/t16-,18-,19?/m0/s1. The van der Waals surface area contributed by atoms with Crippen molar-refractivity contribution in [2.75, 3.05) is 12.4 Å². The average Bonchev–Trinajstić information content (AvgIpc) is 3.38. The van der Waals surface area contributed by atoms with Gasteiger partial charge in [-0.25, -0.2) is 0 Å². The molecule has 2 heterocycles. The predicted octanol–water partition coefficient (Wildman–Crippen LogP) is 1.91. The molecular weight excluding hydrogens is 346 g/mol. The van der Waals surface area contributed by atoms with Gasteiger partial charge in [-0.15, -0.1) is 11.8 Å². The molecule has 0 bridgehead atoms. The van der Waals surface area contributed by atoms with E-state index >= 15 is 0 Å². The summed E-state index contributed by atoms with van der Waals surface area (Å²) in [7, 11) is 0. The molecule has 1 aromatic rings. The monoisotopic (exact) mass is 369 g/mol. The molecule has 2 fully saturated rings. The molecule has 1 aliphatic carbocycles. The van der Waals surface area contributed by atoms with Gasteiger partial charge in [-0.2, -0.15) is 5.26 Å². The van der Waals surface area contributed by atoms with Crippen LogP contribution in [0.5, 0.6) is 0 Å². The van der Waals surface area contributed by atoms with Crippen LogP contribution in [-0.2, 0) is 22.4 Å². The van der Waals surface area contributed by atoms with Crippen molar-refractivity contribution >= 4 is 23.5 Å². The molecule has 0 saturated carbocycles. The van der Waals surface area contributed by atoms with Crippen molar-refractivity contribution in [1.82, 2.24) is 10.2 Å². The van der Waals surface area contributed by atoms with Gasteiger partial charge in [-0.3, -0.25) is 14.9 Å². The first-order chi connectivity index (χ1) is 12.7. The lowest BCUT2D eigenvalue weighted by Gasteiger charge is -2.26. The smallest absolute Gasteiger partial charge is 0.242 e. The highest BCUT2D eigenvalue weighted by Gasteiger charge is 2.43. The number of amides is 1. The summed E-state index contributed by atoms with van der Waals surface area (Å²) in [6.07, 6.45) is 4.03. The zero-order chi connectivity index (χ0) is 18.1. The van der Waals surface area contributed by atoms with E-state index in [-0.39, 0.29) is 23.0 Å². The highest BCUT2D eigenvalue weighted by atomic mass is 32.2. The summed E-state index contributed by atoms with van der Waals surface area (Å²) in [6.45, 7) is 0.624. The molecule has 1 N–H and O–H groups in total. The first-order valence-corrected chi connectivity index (χ1v) is 10.4. The number of benzene rings is 1. The molecule has 26 heavy (non-hydrogen) atoms. The SMILES string of the molecule is N#C[C@@H]1CCCN1C(=O)[C@H]1NCSC1C(=O)CC1Cc2ccccc2C1. The highest BCUT2D eigenvalue weighted by molar-refractivity contribution is 8.00. The number of likely N-dealkylation sites (tertiary alicyclic amines) is 1. The highest BCUT2D eigenvalue weighted by Crippen LogP contribution is 2.32. The van der Waals surface area contributed by atoms with Crippen LogP contribution >= 0.6 is 11.8 Å². The van der Waals surface area contributed by atoms with Crippen molar-refractivity contribution in [2.45, 2.75) is 49.4 Å². The number of nitrogens with zero attached hydrogens (tertiary/aromatic N) is 2. The maximum atomic E-state index is 12.9. The number of nitriles is 1. The topological polar surface area (TPSA) is 73.2 Å². The number of ketones is 1. The van der Waals surface area contributed by atoms with Crippen molar-refractivity contribution in [3.8, 4) is 6.07 Å². The lowest BCUT2D eigenvalue weighted by atomic mass is 9.95.